The second-order valence-corrected chi connectivity index (χ2v) is 7.29. The van der Waals surface area contributed by atoms with Gasteiger partial charge in [0.05, 0.1) is 19.9 Å². The van der Waals surface area contributed by atoms with Crippen molar-refractivity contribution in [3.63, 3.8) is 0 Å². The molecule has 0 bridgehead atoms. The molecule has 1 N–H and O–H groups in total. The second-order valence-electron chi connectivity index (χ2n) is 7.29. The number of rotatable bonds is 4. The fourth-order valence-corrected chi connectivity index (χ4v) is 4.01. The Kier molecular flexibility index (Phi) is 5.35. The summed E-state index contributed by atoms with van der Waals surface area (Å²) < 4.78 is 12.3. The zero-order chi connectivity index (χ0) is 21.3. The normalized spacial score (nSPS) is 13.5. The number of hydrogen-bond donors (Lipinski definition) is 1. The van der Waals surface area contributed by atoms with E-state index in [9.17, 15) is 9.90 Å². The van der Waals surface area contributed by atoms with Gasteiger partial charge in [-0.2, -0.15) is 5.10 Å². The maximum absolute atomic E-state index is 13.2. The lowest BCUT2D eigenvalue weighted by Gasteiger charge is -2.21. The Bertz CT molecular complexity index is 1050. The molecule has 2 heterocycles. The molecule has 3 aromatic rings. The lowest BCUT2D eigenvalue weighted by atomic mass is 10.0. The van der Waals surface area contributed by atoms with Crippen molar-refractivity contribution >= 4 is 5.91 Å². The quantitative estimate of drug-likeness (QED) is 0.719. The van der Waals surface area contributed by atoms with Crippen LogP contribution in [-0.2, 0) is 19.9 Å². The zero-order valence-corrected chi connectivity index (χ0v) is 17.4. The highest BCUT2D eigenvalue weighted by atomic mass is 16.5. The second kappa shape index (κ2) is 8.10. The number of fused-ring (bicyclic) bond motifs is 1. The summed E-state index contributed by atoms with van der Waals surface area (Å²) in [5.41, 5.74) is 4.84. The molecular weight excluding hydrogens is 382 g/mol. The van der Waals surface area contributed by atoms with E-state index in [2.05, 4.69) is 12.1 Å². The van der Waals surface area contributed by atoms with Gasteiger partial charge in [0, 0.05) is 48.9 Å². The number of phenols is 1. The van der Waals surface area contributed by atoms with Gasteiger partial charge in [-0.05, 0) is 18.6 Å². The third-order valence-electron chi connectivity index (χ3n) is 5.59. The number of aromatic hydroxyl groups is 1. The third kappa shape index (κ3) is 3.47. The van der Waals surface area contributed by atoms with E-state index < -0.39 is 0 Å². The van der Waals surface area contributed by atoms with Gasteiger partial charge in [0.15, 0.2) is 11.5 Å². The molecule has 156 valence electrons. The van der Waals surface area contributed by atoms with Gasteiger partial charge in [0.2, 0.25) is 5.75 Å². The van der Waals surface area contributed by atoms with Crippen molar-refractivity contribution in [2.24, 2.45) is 7.05 Å². The fourth-order valence-electron chi connectivity index (χ4n) is 4.01. The highest BCUT2D eigenvalue weighted by Crippen LogP contribution is 2.37. The molecule has 0 unspecified atom stereocenters. The van der Waals surface area contributed by atoms with Crippen molar-refractivity contribution in [1.82, 2.24) is 14.7 Å². The molecule has 0 spiro atoms. The molecule has 1 aliphatic heterocycles. The Morgan fingerprint density at radius 1 is 1.03 bits per heavy atom. The number of carbonyl (C=O) groups is 1. The number of ether oxygens (including phenoxy) is 2. The minimum Gasteiger partial charge on any atom is -0.502 e. The fraction of sp³-hybridized carbons (Fsp3) is 0.304. The minimum atomic E-state index is -0.117. The summed E-state index contributed by atoms with van der Waals surface area (Å²) in [7, 11) is 4.85. The zero-order valence-electron chi connectivity index (χ0n) is 17.4. The van der Waals surface area contributed by atoms with Crippen LogP contribution >= 0.6 is 0 Å². The minimum absolute atomic E-state index is 0.113. The predicted molar refractivity (Wildman–Crippen MR) is 113 cm³/mol. The molecule has 2 aromatic carbocycles. The van der Waals surface area contributed by atoms with Crippen LogP contribution in [0.1, 0.15) is 21.6 Å². The van der Waals surface area contributed by atoms with Crippen molar-refractivity contribution in [3.8, 4) is 28.5 Å². The van der Waals surface area contributed by atoms with E-state index in [1.165, 1.54) is 19.8 Å². The van der Waals surface area contributed by atoms with E-state index in [1.54, 1.807) is 12.1 Å². The first-order chi connectivity index (χ1) is 14.5. The number of benzene rings is 2. The average Bonchev–Trinajstić information content (AvgIpc) is 2.94. The maximum Gasteiger partial charge on any atom is 0.254 e. The van der Waals surface area contributed by atoms with E-state index >= 15 is 0 Å². The number of amides is 1. The number of aryl methyl sites for hydroxylation is 1. The summed E-state index contributed by atoms with van der Waals surface area (Å²) in [4.78, 5) is 15.1. The summed E-state index contributed by atoms with van der Waals surface area (Å²) in [6.45, 7) is 1.17. The SMILES string of the molecule is COc1cc(C(=O)N2CCc3c(-c4ccccc4)nn(C)c3CC2)cc(OC)c1O. The van der Waals surface area contributed by atoms with E-state index in [0.717, 1.165) is 29.8 Å². The Hall–Kier alpha value is -3.48. The summed E-state index contributed by atoms with van der Waals surface area (Å²) in [5.74, 6) is 0.199. The van der Waals surface area contributed by atoms with Gasteiger partial charge >= 0.3 is 0 Å². The molecule has 0 saturated heterocycles. The largest absolute Gasteiger partial charge is 0.502 e. The molecule has 1 aliphatic rings. The van der Waals surface area contributed by atoms with Crippen LogP contribution in [0, 0.1) is 0 Å². The van der Waals surface area contributed by atoms with Crippen LogP contribution in [0.3, 0.4) is 0 Å². The van der Waals surface area contributed by atoms with Gasteiger partial charge in [-0.15, -0.1) is 0 Å². The van der Waals surface area contributed by atoms with Crippen LogP contribution < -0.4 is 9.47 Å². The monoisotopic (exact) mass is 407 g/mol. The number of aromatic nitrogens is 2. The molecule has 0 aliphatic carbocycles. The maximum atomic E-state index is 13.2. The van der Waals surface area contributed by atoms with Crippen LogP contribution in [0.25, 0.3) is 11.3 Å². The molecule has 4 rings (SSSR count). The molecule has 0 atom stereocenters. The highest BCUT2D eigenvalue weighted by Gasteiger charge is 2.26. The van der Waals surface area contributed by atoms with E-state index in [1.807, 2.05) is 34.8 Å². The van der Waals surface area contributed by atoms with E-state index in [0.29, 0.717) is 18.7 Å². The molecule has 7 nitrogen and oxygen atoms in total. The van der Waals surface area contributed by atoms with Gasteiger partial charge in [-0.3, -0.25) is 9.48 Å². The average molecular weight is 407 g/mol. The van der Waals surface area contributed by atoms with Gasteiger partial charge < -0.3 is 19.5 Å². The summed E-state index contributed by atoms with van der Waals surface area (Å²) in [6.07, 6.45) is 1.45. The van der Waals surface area contributed by atoms with Crippen molar-refractivity contribution in [1.29, 1.82) is 0 Å². The summed E-state index contributed by atoms with van der Waals surface area (Å²) >= 11 is 0. The topological polar surface area (TPSA) is 76.8 Å². The Morgan fingerprint density at radius 3 is 2.30 bits per heavy atom. The number of nitrogens with zero attached hydrogens (tertiary/aromatic N) is 3. The van der Waals surface area contributed by atoms with E-state index in [-0.39, 0.29) is 23.2 Å². The smallest absolute Gasteiger partial charge is 0.254 e. The van der Waals surface area contributed by atoms with Gasteiger partial charge in [-0.25, -0.2) is 0 Å². The van der Waals surface area contributed by atoms with Gasteiger partial charge in [0.1, 0.15) is 0 Å². The number of phenolic OH excluding ortho intramolecular Hbond substituents is 1. The van der Waals surface area contributed by atoms with Crippen LogP contribution in [0.5, 0.6) is 17.2 Å². The van der Waals surface area contributed by atoms with Crippen LogP contribution in [0.2, 0.25) is 0 Å². The molecule has 1 amide bonds. The van der Waals surface area contributed by atoms with Crippen molar-refractivity contribution in [2.75, 3.05) is 27.3 Å². The van der Waals surface area contributed by atoms with Crippen LogP contribution in [-0.4, -0.2) is 53.0 Å². The third-order valence-corrected chi connectivity index (χ3v) is 5.59. The van der Waals surface area contributed by atoms with Crippen molar-refractivity contribution in [3.05, 3.63) is 59.3 Å². The van der Waals surface area contributed by atoms with Gasteiger partial charge in [0.25, 0.3) is 5.91 Å². The summed E-state index contributed by atoms with van der Waals surface area (Å²) in [5, 5.41) is 14.9. The molecule has 1 aromatic heterocycles. The van der Waals surface area contributed by atoms with Crippen molar-refractivity contribution in [2.45, 2.75) is 12.8 Å². The summed E-state index contributed by atoms with van der Waals surface area (Å²) in [6, 6.07) is 13.2. The first-order valence-corrected chi connectivity index (χ1v) is 9.88. The van der Waals surface area contributed by atoms with Crippen LogP contribution in [0.15, 0.2) is 42.5 Å². The molecule has 0 fully saturated rings. The molecular formula is C23H25N3O4. The first-order valence-electron chi connectivity index (χ1n) is 9.88. The van der Waals surface area contributed by atoms with E-state index in [4.69, 9.17) is 14.6 Å². The predicted octanol–water partition coefficient (Wildman–Crippen LogP) is 3.05. The Labute approximate surface area is 175 Å². The Morgan fingerprint density at radius 2 is 1.67 bits per heavy atom. The highest BCUT2D eigenvalue weighted by molar-refractivity contribution is 5.95. The molecule has 30 heavy (non-hydrogen) atoms. The molecule has 0 saturated carbocycles. The van der Waals surface area contributed by atoms with Gasteiger partial charge in [-0.1, -0.05) is 30.3 Å². The van der Waals surface area contributed by atoms with Crippen LogP contribution in [0.4, 0.5) is 0 Å². The number of carbonyl (C=O) groups excluding carboxylic acids is 1. The molecule has 0 radical (unpaired) electrons. The Balaban J connectivity index is 1.61. The molecule has 7 heteroatoms. The lowest BCUT2D eigenvalue weighted by Crippen LogP contribution is -2.33. The number of methoxy groups -OCH3 is 2. The standard InChI is InChI=1S/C23H25N3O4/c1-25-18-10-12-26(11-9-17(18)21(24-25)15-7-5-4-6-8-15)23(28)16-13-19(29-2)22(27)20(14-16)30-3/h4-8,13-14,27H,9-12H2,1-3H3. The lowest BCUT2D eigenvalue weighted by molar-refractivity contribution is 0.0761. The first kappa shape index (κ1) is 19.8. The number of hydrogen-bond acceptors (Lipinski definition) is 5. The van der Waals surface area contributed by atoms with Crippen molar-refractivity contribution < 1.29 is 19.4 Å².